The fourth-order valence-electron chi connectivity index (χ4n) is 2.77. The van der Waals surface area contributed by atoms with Gasteiger partial charge in [0.25, 0.3) is 5.56 Å². The Morgan fingerprint density at radius 2 is 2.08 bits per heavy atom. The van der Waals surface area contributed by atoms with Gasteiger partial charge in [0.1, 0.15) is 4.83 Å². The van der Waals surface area contributed by atoms with Gasteiger partial charge in [-0.3, -0.25) is 4.79 Å². The molecule has 0 unspecified atom stereocenters. The number of hydrogen-bond acceptors (Lipinski definition) is 7. The van der Waals surface area contributed by atoms with Gasteiger partial charge in [0, 0.05) is 4.88 Å². The number of esters is 1. The Hall–Kier alpha value is -2.87. The van der Waals surface area contributed by atoms with Crippen molar-refractivity contribution < 1.29 is 19.0 Å². The van der Waals surface area contributed by atoms with Crippen molar-refractivity contribution in [2.75, 3.05) is 6.79 Å². The van der Waals surface area contributed by atoms with Crippen LogP contribution in [0.15, 0.2) is 23.0 Å². The number of nitrogens with zero attached hydrogens (tertiary/aromatic N) is 1. The molecule has 1 aliphatic heterocycles. The number of carbonyl (C=O) groups excluding carboxylic acids is 1. The van der Waals surface area contributed by atoms with Crippen LogP contribution in [0.3, 0.4) is 0 Å². The van der Waals surface area contributed by atoms with Crippen molar-refractivity contribution in [2.24, 2.45) is 0 Å². The molecule has 0 bridgehead atoms. The van der Waals surface area contributed by atoms with Crippen LogP contribution in [0.5, 0.6) is 11.5 Å². The monoisotopic (exact) mass is 372 g/mol. The van der Waals surface area contributed by atoms with Gasteiger partial charge in [0.15, 0.2) is 23.4 Å². The molecule has 26 heavy (non-hydrogen) atoms. The second kappa shape index (κ2) is 6.14. The van der Waals surface area contributed by atoms with Crippen molar-refractivity contribution in [3.05, 3.63) is 50.4 Å². The summed E-state index contributed by atoms with van der Waals surface area (Å²) in [7, 11) is 0. The molecule has 2 aromatic heterocycles. The Labute approximate surface area is 152 Å². The number of hydrogen-bond donors (Lipinski definition) is 1. The smallest absolute Gasteiger partial charge is 0.338 e. The minimum atomic E-state index is -0.701. The Bertz CT molecular complexity index is 1090. The normalized spacial score (nSPS) is 13.8. The second-order valence-electron chi connectivity index (χ2n) is 6.03. The fraction of sp³-hybridized carbons (Fsp3) is 0.278. The number of fused-ring (bicyclic) bond motifs is 2. The number of benzene rings is 1. The minimum Gasteiger partial charge on any atom is -0.454 e. The number of ether oxygens (including phenoxy) is 3. The molecule has 1 N–H and O–H groups in total. The molecule has 0 fully saturated rings. The second-order valence-corrected chi connectivity index (χ2v) is 7.23. The van der Waals surface area contributed by atoms with Crippen molar-refractivity contribution >= 4 is 27.5 Å². The van der Waals surface area contributed by atoms with Gasteiger partial charge in [-0.05, 0) is 44.5 Å². The van der Waals surface area contributed by atoms with Crippen LogP contribution in [0.1, 0.15) is 39.7 Å². The average molecular weight is 372 g/mol. The van der Waals surface area contributed by atoms with Crippen LogP contribution in [-0.2, 0) is 4.74 Å². The van der Waals surface area contributed by atoms with Crippen LogP contribution in [0.25, 0.3) is 10.2 Å². The number of nitrogens with one attached hydrogen (secondary N) is 1. The highest BCUT2D eigenvalue weighted by Gasteiger charge is 2.21. The third kappa shape index (κ3) is 2.72. The zero-order chi connectivity index (χ0) is 18.4. The lowest BCUT2D eigenvalue weighted by Crippen LogP contribution is -2.17. The number of thiophene rings is 1. The van der Waals surface area contributed by atoms with Crippen molar-refractivity contribution in [1.82, 2.24) is 9.97 Å². The summed E-state index contributed by atoms with van der Waals surface area (Å²) in [5, 5.41) is 0.588. The Morgan fingerprint density at radius 3 is 2.88 bits per heavy atom. The molecule has 1 aliphatic rings. The molecule has 134 valence electrons. The quantitative estimate of drug-likeness (QED) is 0.710. The molecule has 8 heteroatoms. The molecule has 0 saturated heterocycles. The van der Waals surface area contributed by atoms with E-state index in [1.54, 1.807) is 25.1 Å². The van der Waals surface area contributed by atoms with E-state index in [-0.39, 0.29) is 12.4 Å². The molecule has 4 rings (SSSR count). The average Bonchev–Trinajstić information content (AvgIpc) is 3.18. The first kappa shape index (κ1) is 16.6. The number of aromatic nitrogens is 2. The number of aromatic amines is 1. The fourth-order valence-corrected chi connectivity index (χ4v) is 3.81. The van der Waals surface area contributed by atoms with Gasteiger partial charge in [-0.15, -0.1) is 11.3 Å². The molecular weight excluding hydrogens is 356 g/mol. The summed E-state index contributed by atoms with van der Waals surface area (Å²) in [6, 6.07) is 4.84. The van der Waals surface area contributed by atoms with Crippen LogP contribution in [0.4, 0.5) is 0 Å². The Morgan fingerprint density at radius 1 is 1.31 bits per heavy atom. The first-order valence-corrected chi connectivity index (χ1v) is 8.86. The van der Waals surface area contributed by atoms with E-state index in [1.807, 2.05) is 13.8 Å². The van der Waals surface area contributed by atoms with Crippen molar-refractivity contribution in [3.63, 3.8) is 0 Å². The maximum Gasteiger partial charge on any atom is 0.338 e. The molecule has 0 saturated carbocycles. The summed E-state index contributed by atoms with van der Waals surface area (Å²) >= 11 is 1.45. The molecule has 0 amide bonds. The van der Waals surface area contributed by atoms with Crippen molar-refractivity contribution in [1.29, 1.82) is 0 Å². The van der Waals surface area contributed by atoms with E-state index in [2.05, 4.69) is 9.97 Å². The van der Waals surface area contributed by atoms with E-state index in [0.717, 1.165) is 10.4 Å². The number of H-pyrrole nitrogens is 1. The van der Waals surface area contributed by atoms with Crippen LogP contribution in [-0.4, -0.2) is 22.7 Å². The molecule has 0 spiro atoms. The molecule has 3 heterocycles. The third-order valence-electron chi connectivity index (χ3n) is 4.33. The first-order chi connectivity index (χ1) is 12.4. The predicted molar refractivity (Wildman–Crippen MR) is 96.1 cm³/mol. The SMILES string of the molecule is Cc1sc2nc([C@H](C)OC(=O)c3ccc4c(c3)OCO4)[nH]c(=O)c2c1C. The summed E-state index contributed by atoms with van der Waals surface area (Å²) in [5.74, 6) is 0.883. The molecule has 0 radical (unpaired) electrons. The van der Waals surface area contributed by atoms with E-state index < -0.39 is 12.1 Å². The number of aryl methyl sites for hydroxylation is 2. The summed E-state index contributed by atoms with van der Waals surface area (Å²) in [6.07, 6.45) is -0.701. The first-order valence-electron chi connectivity index (χ1n) is 8.04. The van der Waals surface area contributed by atoms with Crippen LogP contribution < -0.4 is 15.0 Å². The van der Waals surface area contributed by atoms with Crippen LogP contribution >= 0.6 is 11.3 Å². The predicted octanol–water partition coefficient (Wildman–Crippen LogP) is 3.25. The summed E-state index contributed by atoms with van der Waals surface area (Å²) in [4.78, 5) is 33.6. The summed E-state index contributed by atoms with van der Waals surface area (Å²) < 4.78 is 16.0. The maximum atomic E-state index is 12.4. The van der Waals surface area contributed by atoms with Crippen LogP contribution in [0.2, 0.25) is 0 Å². The standard InChI is InChI=1S/C18H16N2O5S/c1-8-10(3)26-17-14(8)16(21)19-15(20-17)9(2)25-18(22)11-4-5-12-13(6-11)24-7-23-12/h4-6,9H,7H2,1-3H3,(H,19,20,21)/t9-/m0/s1. The van der Waals surface area contributed by atoms with Gasteiger partial charge >= 0.3 is 5.97 Å². The molecule has 1 aromatic carbocycles. The van der Waals surface area contributed by atoms with Gasteiger partial charge in [-0.25, -0.2) is 9.78 Å². The highest BCUT2D eigenvalue weighted by Crippen LogP contribution is 2.33. The highest BCUT2D eigenvalue weighted by molar-refractivity contribution is 7.18. The molecule has 3 aromatic rings. The van der Waals surface area contributed by atoms with E-state index in [9.17, 15) is 9.59 Å². The number of rotatable bonds is 3. The zero-order valence-corrected chi connectivity index (χ0v) is 15.2. The topological polar surface area (TPSA) is 90.5 Å². The van der Waals surface area contributed by atoms with E-state index in [0.29, 0.717) is 33.1 Å². The van der Waals surface area contributed by atoms with Gasteiger partial charge in [-0.1, -0.05) is 0 Å². The summed E-state index contributed by atoms with van der Waals surface area (Å²) in [5.41, 5.74) is 1.04. The molecular formula is C18H16N2O5S. The molecule has 0 aliphatic carbocycles. The Kier molecular flexibility index (Phi) is 3.91. The van der Waals surface area contributed by atoms with Crippen molar-refractivity contribution in [2.45, 2.75) is 26.9 Å². The minimum absolute atomic E-state index is 0.134. The van der Waals surface area contributed by atoms with Gasteiger partial charge in [0.2, 0.25) is 6.79 Å². The van der Waals surface area contributed by atoms with Crippen LogP contribution in [0, 0.1) is 13.8 Å². The third-order valence-corrected chi connectivity index (χ3v) is 5.44. The lowest BCUT2D eigenvalue weighted by molar-refractivity contribution is 0.0319. The van der Waals surface area contributed by atoms with E-state index >= 15 is 0 Å². The van der Waals surface area contributed by atoms with E-state index in [1.165, 1.54) is 11.3 Å². The zero-order valence-electron chi connectivity index (χ0n) is 14.4. The molecule has 1 atom stereocenters. The number of carbonyl (C=O) groups is 1. The van der Waals surface area contributed by atoms with Gasteiger partial charge in [0.05, 0.1) is 10.9 Å². The summed E-state index contributed by atoms with van der Waals surface area (Å²) in [6.45, 7) is 5.65. The van der Waals surface area contributed by atoms with E-state index in [4.69, 9.17) is 14.2 Å². The van der Waals surface area contributed by atoms with Gasteiger partial charge < -0.3 is 19.2 Å². The highest BCUT2D eigenvalue weighted by atomic mass is 32.1. The van der Waals surface area contributed by atoms with Crippen molar-refractivity contribution in [3.8, 4) is 11.5 Å². The maximum absolute atomic E-state index is 12.4. The Balaban J connectivity index is 1.60. The van der Waals surface area contributed by atoms with Gasteiger partial charge in [-0.2, -0.15) is 0 Å². The largest absolute Gasteiger partial charge is 0.454 e. The molecule has 7 nitrogen and oxygen atoms in total. The lowest BCUT2D eigenvalue weighted by atomic mass is 10.2. The lowest BCUT2D eigenvalue weighted by Gasteiger charge is -2.12.